The highest BCUT2D eigenvalue weighted by molar-refractivity contribution is 5.82. The van der Waals surface area contributed by atoms with Gasteiger partial charge in [0.1, 0.15) is 12.4 Å². The maximum absolute atomic E-state index is 14.7. The first-order valence-corrected chi connectivity index (χ1v) is 11.3. The van der Waals surface area contributed by atoms with Gasteiger partial charge in [0.2, 0.25) is 0 Å². The SMILES string of the molecule is COc1ccc(C(F)(F)C(=O)O)c(CNCCC(=O)OCc2ccccc2)c1-c1ccc(C(F)(F)F)cc1. The fraction of sp³-hybridized carbons (Fsp3) is 0.259. The Hall–Kier alpha value is -3.99. The van der Waals surface area contributed by atoms with E-state index in [9.17, 15) is 31.5 Å². The third-order valence-corrected chi connectivity index (χ3v) is 5.65. The van der Waals surface area contributed by atoms with Gasteiger partial charge in [0, 0.05) is 24.2 Å². The molecule has 3 rings (SSSR count). The molecule has 0 amide bonds. The van der Waals surface area contributed by atoms with Crippen molar-refractivity contribution in [2.75, 3.05) is 13.7 Å². The minimum atomic E-state index is -4.61. The zero-order valence-corrected chi connectivity index (χ0v) is 20.1. The van der Waals surface area contributed by atoms with Crippen LogP contribution in [0.15, 0.2) is 66.7 Å². The van der Waals surface area contributed by atoms with Crippen molar-refractivity contribution < 1.29 is 46.1 Å². The molecule has 0 heterocycles. The molecule has 38 heavy (non-hydrogen) atoms. The largest absolute Gasteiger partial charge is 0.496 e. The Bertz CT molecular complexity index is 1260. The van der Waals surface area contributed by atoms with Gasteiger partial charge in [-0.2, -0.15) is 22.0 Å². The third-order valence-electron chi connectivity index (χ3n) is 5.65. The lowest BCUT2D eigenvalue weighted by molar-refractivity contribution is -0.166. The smallest absolute Gasteiger partial charge is 0.416 e. The molecule has 2 N–H and O–H groups in total. The number of esters is 1. The van der Waals surface area contributed by atoms with Crippen LogP contribution in [0.25, 0.3) is 11.1 Å². The number of halogens is 5. The van der Waals surface area contributed by atoms with Gasteiger partial charge in [-0.05, 0) is 41.0 Å². The van der Waals surface area contributed by atoms with Gasteiger partial charge in [-0.25, -0.2) is 4.79 Å². The molecule has 0 spiro atoms. The summed E-state index contributed by atoms with van der Waals surface area (Å²) in [4.78, 5) is 23.4. The zero-order valence-electron chi connectivity index (χ0n) is 20.1. The Morgan fingerprint density at radius 1 is 0.921 bits per heavy atom. The first-order valence-electron chi connectivity index (χ1n) is 11.3. The number of carboxylic acid groups (broad SMARTS) is 1. The number of ether oxygens (including phenoxy) is 2. The summed E-state index contributed by atoms with van der Waals surface area (Å²) in [6, 6.07) is 14.7. The Morgan fingerprint density at radius 2 is 1.58 bits per heavy atom. The molecular weight excluding hydrogens is 513 g/mol. The van der Waals surface area contributed by atoms with Crippen LogP contribution in [0.5, 0.6) is 5.75 Å². The second-order valence-corrected chi connectivity index (χ2v) is 8.20. The van der Waals surface area contributed by atoms with E-state index in [4.69, 9.17) is 14.6 Å². The van der Waals surface area contributed by atoms with E-state index in [1.54, 1.807) is 24.3 Å². The fourth-order valence-corrected chi connectivity index (χ4v) is 3.75. The minimum absolute atomic E-state index is 0.00111. The Balaban J connectivity index is 1.86. The van der Waals surface area contributed by atoms with Gasteiger partial charge in [-0.1, -0.05) is 42.5 Å². The van der Waals surface area contributed by atoms with Crippen LogP contribution in [0.1, 0.15) is 28.7 Å². The van der Waals surface area contributed by atoms with Crippen molar-refractivity contribution in [2.24, 2.45) is 0 Å². The van der Waals surface area contributed by atoms with Gasteiger partial charge in [-0.3, -0.25) is 4.79 Å². The van der Waals surface area contributed by atoms with Crippen molar-refractivity contribution in [1.82, 2.24) is 5.32 Å². The van der Waals surface area contributed by atoms with Crippen LogP contribution >= 0.6 is 0 Å². The third kappa shape index (κ3) is 6.86. The van der Waals surface area contributed by atoms with E-state index in [0.717, 1.165) is 42.0 Å². The molecule has 3 aromatic rings. The number of carbonyl (C=O) groups excluding carboxylic acids is 1. The molecule has 0 atom stereocenters. The van der Waals surface area contributed by atoms with Crippen molar-refractivity contribution >= 4 is 11.9 Å². The van der Waals surface area contributed by atoms with Gasteiger partial charge in [0.15, 0.2) is 0 Å². The summed E-state index contributed by atoms with van der Waals surface area (Å²) in [5, 5.41) is 12.0. The van der Waals surface area contributed by atoms with E-state index in [2.05, 4.69) is 5.32 Å². The summed E-state index contributed by atoms with van der Waals surface area (Å²) >= 11 is 0. The van der Waals surface area contributed by atoms with Crippen molar-refractivity contribution in [2.45, 2.75) is 31.7 Å². The minimum Gasteiger partial charge on any atom is -0.496 e. The maximum atomic E-state index is 14.7. The van der Waals surface area contributed by atoms with Crippen LogP contribution in [-0.4, -0.2) is 30.7 Å². The number of aliphatic carboxylic acids is 1. The predicted molar refractivity (Wildman–Crippen MR) is 128 cm³/mol. The zero-order chi connectivity index (χ0) is 27.9. The van der Waals surface area contributed by atoms with Gasteiger partial charge in [0.25, 0.3) is 0 Å². The molecule has 0 aliphatic carbocycles. The number of benzene rings is 3. The lowest BCUT2D eigenvalue weighted by Gasteiger charge is -2.22. The van der Waals surface area contributed by atoms with Gasteiger partial charge in [-0.15, -0.1) is 0 Å². The van der Waals surface area contributed by atoms with E-state index in [1.807, 2.05) is 6.07 Å². The van der Waals surface area contributed by atoms with Gasteiger partial charge >= 0.3 is 24.0 Å². The summed E-state index contributed by atoms with van der Waals surface area (Å²) in [6.07, 6.45) is -4.72. The second kappa shape index (κ2) is 12.0. The molecule has 6 nitrogen and oxygen atoms in total. The highest BCUT2D eigenvalue weighted by Crippen LogP contribution is 2.42. The number of alkyl halides is 5. The summed E-state index contributed by atoms with van der Waals surface area (Å²) < 4.78 is 79.0. The first kappa shape index (κ1) is 28.6. The Labute approximate surface area is 215 Å². The molecular formula is C27H24F5NO5. The predicted octanol–water partition coefficient (Wildman–Crippen LogP) is 5.78. The summed E-state index contributed by atoms with van der Waals surface area (Å²) in [5.41, 5.74) is -1.11. The van der Waals surface area contributed by atoms with E-state index < -0.39 is 35.2 Å². The lowest BCUT2D eigenvalue weighted by atomic mass is 9.90. The van der Waals surface area contributed by atoms with Crippen molar-refractivity contribution in [3.63, 3.8) is 0 Å². The second-order valence-electron chi connectivity index (χ2n) is 8.20. The molecule has 202 valence electrons. The van der Waals surface area contributed by atoms with Crippen LogP contribution in [0.4, 0.5) is 22.0 Å². The number of carboxylic acids is 1. The number of rotatable bonds is 11. The van der Waals surface area contributed by atoms with Crippen LogP contribution in [0, 0.1) is 0 Å². The monoisotopic (exact) mass is 537 g/mol. The van der Waals surface area contributed by atoms with Gasteiger partial charge in [0.05, 0.1) is 19.1 Å². The molecule has 3 aromatic carbocycles. The Morgan fingerprint density at radius 3 is 2.16 bits per heavy atom. The van der Waals surface area contributed by atoms with Crippen LogP contribution in [0.2, 0.25) is 0 Å². The standard InChI is InChI=1S/C27H24F5NO5/c1-37-22-12-11-21(26(28,29)25(35)36)20(24(22)18-7-9-19(10-8-18)27(30,31)32)15-33-14-13-23(34)38-16-17-5-3-2-4-6-17/h2-12,33H,13-16H2,1H3,(H,35,36). The van der Waals surface area contributed by atoms with Crippen LogP contribution in [-0.2, 0) is 39.6 Å². The fourth-order valence-electron chi connectivity index (χ4n) is 3.75. The van der Waals surface area contributed by atoms with Gasteiger partial charge < -0.3 is 19.9 Å². The van der Waals surface area contributed by atoms with E-state index >= 15 is 0 Å². The van der Waals surface area contributed by atoms with Crippen molar-refractivity contribution in [1.29, 1.82) is 0 Å². The Kier molecular flexibility index (Phi) is 9.05. The molecule has 11 heteroatoms. The van der Waals surface area contributed by atoms with E-state index in [0.29, 0.717) is 0 Å². The lowest BCUT2D eigenvalue weighted by Crippen LogP contribution is -2.29. The van der Waals surface area contributed by atoms with Crippen LogP contribution in [0.3, 0.4) is 0 Å². The normalized spacial score (nSPS) is 11.7. The topological polar surface area (TPSA) is 84.9 Å². The molecule has 0 aromatic heterocycles. The van der Waals surface area contributed by atoms with E-state index in [-0.39, 0.29) is 48.6 Å². The molecule has 0 bridgehead atoms. The quantitative estimate of drug-likeness (QED) is 0.183. The molecule has 0 radical (unpaired) electrons. The molecule has 0 fully saturated rings. The number of methoxy groups -OCH3 is 1. The average Bonchev–Trinajstić information content (AvgIpc) is 2.89. The number of carbonyl (C=O) groups is 2. The molecule has 0 saturated carbocycles. The van der Waals surface area contributed by atoms with Crippen LogP contribution < -0.4 is 10.1 Å². The molecule has 0 unspecified atom stereocenters. The highest BCUT2D eigenvalue weighted by Gasteiger charge is 2.43. The van der Waals surface area contributed by atoms with E-state index in [1.165, 1.54) is 7.11 Å². The molecule has 0 saturated heterocycles. The number of hydrogen-bond acceptors (Lipinski definition) is 5. The molecule has 0 aliphatic rings. The summed E-state index contributed by atoms with van der Waals surface area (Å²) in [7, 11) is 1.25. The number of nitrogens with one attached hydrogen (secondary N) is 1. The number of hydrogen-bond donors (Lipinski definition) is 2. The molecule has 0 aliphatic heterocycles. The van der Waals surface area contributed by atoms with Crippen molar-refractivity contribution in [3.8, 4) is 16.9 Å². The first-order chi connectivity index (χ1) is 17.9. The summed E-state index contributed by atoms with van der Waals surface area (Å²) in [6.45, 7) is -0.282. The highest BCUT2D eigenvalue weighted by atomic mass is 19.4. The maximum Gasteiger partial charge on any atom is 0.416 e. The summed E-state index contributed by atoms with van der Waals surface area (Å²) in [5.74, 6) is -7.20. The average molecular weight is 537 g/mol. The van der Waals surface area contributed by atoms with Crippen molar-refractivity contribution in [3.05, 3.63) is 89.0 Å².